The van der Waals surface area contributed by atoms with Crippen molar-refractivity contribution in [1.29, 1.82) is 0 Å². The van der Waals surface area contributed by atoms with E-state index in [0.29, 0.717) is 0 Å². The van der Waals surface area contributed by atoms with E-state index in [2.05, 4.69) is 20.5 Å². The van der Waals surface area contributed by atoms with Gasteiger partial charge in [0.05, 0.1) is 17.5 Å². The van der Waals surface area contributed by atoms with Gasteiger partial charge in [0.2, 0.25) is 5.91 Å². The second kappa shape index (κ2) is 5.90. The van der Waals surface area contributed by atoms with Gasteiger partial charge in [-0.25, -0.2) is 9.89 Å². The zero-order valence-corrected chi connectivity index (χ0v) is 12.4. The summed E-state index contributed by atoms with van der Waals surface area (Å²) >= 11 is 0. The van der Waals surface area contributed by atoms with Gasteiger partial charge in [0.15, 0.2) is 0 Å². The van der Waals surface area contributed by atoms with Crippen molar-refractivity contribution in [3.63, 3.8) is 0 Å². The van der Waals surface area contributed by atoms with Crippen molar-refractivity contribution < 1.29 is 18.0 Å². The Morgan fingerprint density at radius 1 is 1.26 bits per heavy atom. The minimum atomic E-state index is -4.48. The highest BCUT2D eigenvalue weighted by Crippen LogP contribution is 2.32. The first-order valence-corrected chi connectivity index (χ1v) is 6.70. The maximum Gasteiger partial charge on any atom is 0.416 e. The largest absolute Gasteiger partial charge is 0.416 e. The molecule has 0 bridgehead atoms. The summed E-state index contributed by atoms with van der Waals surface area (Å²) in [5.41, 5.74) is -2.27. The summed E-state index contributed by atoms with van der Waals surface area (Å²) < 4.78 is 38.3. The molecule has 3 N–H and O–H groups in total. The molecule has 2 rings (SSSR count). The van der Waals surface area contributed by atoms with Gasteiger partial charge in [0.1, 0.15) is 5.82 Å². The number of alkyl halides is 3. The van der Waals surface area contributed by atoms with Gasteiger partial charge in [0.25, 0.3) is 0 Å². The van der Waals surface area contributed by atoms with Crippen LogP contribution in [-0.2, 0) is 22.9 Å². The van der Waals surface area contributed by atoms with Crippen molar-refractivity contribution in [3.8, 4) is 0 Å². The molecular formula is C14H15F3N4O2. The Hall–Kier alpha value is -2.58. The number of hydrogen-bond donors (Lipinski definition) is 3. The summed E-state index contributed by atoms with van der Waals surface area (Å²) in [4.78, 5) is 25.5. The van der Waals surface area contributed by atoms with Crippen LogP contribution < -0.4 is 11.0 Å². The number of H-pyrrole nitrogens is 2. The second-order valence-electron chi connectivity index (χ2n) is 5.51. The standard InChI is InChI=1S/C14H15F3N4O2/c1-13(2,8-4-3-5-9(6-8)14(15,16)17)11(22)18-7-10-19-12(23)21-20-10/h3-6H,7H2,1-2H3,(H,18,22)(H2,19,20,21,23). The number of nitrogens with zero attached hydrogens (tertiary/aromatic N) is 1. The lowest BCUT2D eigenvalue weighted by Crippen LogP contribution is -2.40. The number of aromatic nitrogens is 3. The monoisotopic (exact) mass is 328 g/mol. The summed E-state index contributed by atoms with van der Waals surface area (Å²) in [6.07, 6.45) is -4.48. The van der Waals surface area contributed by atoms with Crippen molar-refractivity contribution >= 4 is 5.91 Å². The van der Waals surface area contributed by atoms with Gasteiger partial charge in [-0.2, -0.15) is 18.3 Å². The first-order chi connectivity index (χ1) is 10.6. The van der Waals surface area contributed by atoms with E-state index in [1.54, 1.807) is 0 Å². The third-order valence-electron chi connectivity index (χ3n) is 3.45. The van der Waals surface area contributed by atoms with E-state index in [4.69, 9.17) is 0 Å². The Morgan fingerprint density at radius 2 is 1.91 bits per heavy atom. The van der Waals surface area contributed by atoms with Crippen molar-refractivity contribution in [2.45, 2.75) is 32.0 Å². The van der Waals surface area contributed by atoms with E-state index in [-0.39, 0.29) is 17.9 Å². The number of rotatable bonds is 4. The van der Waals surface area contributed by atoms with E-state index in [0.717, 1.165) is 12.1 Å². The van der Waals surface area contributed by atoms with Crippen LogP contribution >= 0.6 is 0 Å². The number of carbonyl (C=O) groups is 1. The van der Waals surface area contributed by atoms with Gasteiger partial charge < -0.3 is 5.32 Å². The molecule has 0 radical (unpaired) electrons. The molecule has 0 fully saturated rings. The highest BCUT2D eigenvalue weighted by atomic mass is 19.4. The maximum absolute atomic E-state index is 12.8. The number of halogens is 3. The molecule has 0 aliphatic rings. The molecule has 0 unspecified atom stereocenters. The third-order valence-corrected chi connectivity index (χ3v) is 3.45. The molecule has 23 heavy (non-hydrogen) atoms. The molecule has 0 spiro atoms. The number of carbonyl (C=O) groups excluding carboxylic acids is 1. The highest BCUT2D eigenvalue weighted by Gasteiger charge is 2.34. The minimum Gasteiger partial charge on any atom is -0.348 e. The Balaban J connectivity index is 2.16. The van der Waals surface area contributed by atoms with Crippen LogP contribution in [0.15, 0.2) is 29.1 Å². The third kappa shape index (κ3) is 3.79. The van der Waals surface area contributed by atoms with E-state index < -0.39 is 28.8 Å². The molecule has 1 amide bonds. The van der Waals surface area contributed by atoms with Crippen LogP contribution in [0.2, 0.25) is 0 Å². The van der Waals surface area contributed by atoms with Gasteiger partial charge >= 0.3 is 11.9 Å². The summed E-state index contributed by atoms with van der Waals surface area (Å²) in [7, 11) is 0. The fraction of sp³-hybridized carbons (Fsp3) is 0.357. The van der Waals surface area contributed by atoms with E-state index in [1.807, 2.05) is 0 Å². The topological polar surface area (TPSA) is 90.6 Å². The molecule has 1 heterocycles. The number of aromatic amines is 2. The smallest absolute Gasteiger partial charge is 0.348 e. The Bertz CT molecular complexity index is 762. The SMILES string of the molecule is CC(C)(C(=O)NCc1n[nH]c(=O)[nH]1)c1cccc(C(F)(F)F)c1. The molecule has 0 aliphatic heterocycles. The number of nitrogens with one attached hydrogen (secondary N) is 3. The fourth-order valence-corrected chi connectivity index (χ4v) is 1.99. The van der Waals surface area contributed by atoms with Gasteiger partial charge in [-0.05, 0) is 25.5 Å². The van der Waals surface area contributed by atoms with Gasteiger partial charge in [-0.1, -0.05) is 18.2 Å². The quantitative estimate of drug-likeness (QED) is 0.798. The normalized spacial score (nSPS) is 12.2. The zero-order chi connectivity index (χ0) is 17.3. The van der Waals surface area contributed by atoms with Crippen molar-refractivity contribution in [1.82, 2.24) is 20.5 Å². The van der Waals surface area contributed by atoms with Gasteiger partial charge in [-0.3, -0.25) is 9.78 Å². The average molecular weight is 328 g/mol. The predicted molar refractivity (Wildman–Crippen MR) is 75.5 cm³/mol. The molecule has 124 valence electrons. The molecular weight excluding hydrogens is 313 g/mol. The molecule has 0 aliphatic carbocycles. The van der Waals surface area contributed by atoms with E-state index in [9.17, 15) is 22.8 Å². The van der Waals surface area contributed by atoms with Crippen LogP contribution in [0.25, 0.3) is 0 Å². The zero-order valence-electron chi connectivity index (χ0n) is 12.4. The van der Waals surface area contributed by atoms with Gasteiger partial charge in [-0.15, -0.1) is 0 Å². The van der Waals surface area contributed by atoms with Crippen LogP contribution in [0, 0.1) is 0 Å². The lowest BCUT2D eigenvalue weighted by Gasteiger charge is -2.24. The van der Waals surface area contributed by atoms with Crippen LogP contribution in [-0.4, -0.2) is 21.1 Å². The van der Waals surface area contributed by atoms with Gasteiger partial charge in [0, 0.05) is 0 Å². The Morgan fingerprint density at radius 3 is 2.48 bits per heavy atom. The van der Waals surface area contributed by atoms with Crippen molar-refractivity contribution in [2.75, 3.05) is 0 Å². The molecule has 2 aromatic rings. The Kier molecular flexibility index (Phi) is 4.31. The highest BCUT2D eigenvalue weighted by molar-refractivity contribution is 5.87. The van der Waals surface area contributed by atoms with Crippen molar-refractivity contribution in [3.05, 3.63) is 51.7 Å². The number of amides is 1. The molecule has 9 heteroatoms. The van der Waals surface area contributed by atoms with E-state index >= 15 is 0 Å². The summed E-state index contributed by atoms with van der Waals surface area (Å²) in [6.45, 7) is 3.00. The predicted octanol–water partition coefficient (Wildman–Crippen LogP) is 1.71. The van der Waals surface area contributed by atoms with E-state index in [1.165, 1.54) is 26.0 Å². The molecule has 6 nitrogen and oxygen atoms in total. The fourth-order valence-electron chi connectivity index (χ4n) is 1.99. The second-order valence-corrected chi connectivity index (χ2v) is 5.51. The van der Waals surface area contributed by atoms with Crippen LogP contribution in [0.4, 0.5) is 13.2 Å². The average Bonchev–Trinajstić information content (AvgIpc) is 2.89. The molecule has 0 saturated heterocycles. The molecule has 0 saturated carbocycles. The first-order valence-electron chi connectivity index (χ1n) is 6.70. The number of benzene rings is 1. The van der Waals surface area contributed by atoms with Crippen LogP contribution in [0.5, 0.6) is 0 Å². The summed E-state index contributed by atoms with van der Waals surface area (Å²) in [6, 6.07) is 4.63. The molecule has 0 atom stereocenters. The van der Waals surface area contributed by atoms with Crippen LogP contribution in [0.1, 0.15) is 30.8 Å². The van der Waals surface area contributed by atoms with Crippen LogP contribution in [0.3, 0.4) is 0 Å². The summed E-state index contributed by atoms with van der Waals surface area (Å²) in [5, 5.41) is 8.32. The minimum absolute atomic E-state index is 0.0417. The molecule has 1 aromatic carbocycles. The first kappa shape index (κ1) is 16.8. The van der Waals surface area contributed by atoms with Crippen molar-refractivity contribution in [2.24, 2.45) is 0 Å². The maximum atomic E-state index is 12.8. The molecule has 1 aromatic heterocycles. The lowest BCUT2D eigenvalue weighted by atomic mass is 9.83. The summed E-state index contributed by atoms with van der Waals surface area (Å²) in [5.74, 6) is -0.260. The number of hydrogen-bond acceptors (Lipinski definition) is 3. The lowest BCUT2D eigenvalue weighted by molar-refractivity contribution is -0.138. The Labute approximate surface area is 129 Å².